The molecule has 0 aliphatic rings. The first-order valence-corrected chi connectivity index (χ1v) is 6.65. The molecule has 0 saturated carbocycles. The van der Waals surface area contributed by atoms with E-state index in [1.165, 1.54) is 12.1 Å². The molecule has 0 aliphatic carbocycles. The third-order valence-corrected chi connectivity index (χ3v) is 3.30. The van der Waals surface area contributed by atoms with Gasteiger partial charge in [0.15, 0.2) is 0 Å². The number of hydrogen-bond acceptors (Lipinski definition) is 1. The van der Waals surface area contributed by atoms with Gasteiger partial charge < -0.3 is 0 Å². The Balaban J connectivity index is 2.20. The zero-order valence-corrected chi connectivity index (χ0v) is 11.9. The fourth-order valence-corrected chi connectivity index (χ4v) is 2.07. The van der Waals surface area contributed by atoms with E-state index in [-0.39, 0.29) is 6.04 Å². The van der Waals surface area contributed by atoms with Crippen molar-refractivity contribution in [1.29, 1.82) is 0 Å². The summed E-state index contributed by atoms with van der Waals surface area (Å²) in [5, 5.41) is 0. The van der Waals surface area contributed by atoms with Gasteiger partial charge in [0.2, 0.25) is 0 Å². The SMILES string of the molecule is CC(=N[C@@H](C)c1ccccc1)c1ccc(C(F)(F)F)cc1. The highest BCUT2D eigenvalue weighted by atomic mass is 19.4. The second-order valence-electron chi connectivity index (χ2n) is 4.88. The predicted octanol–water partition coefficient (Wildman–Crippen LogP) is 5.28. The second-order valence-corrected chi connectivity index (χ2v) is 4.88. The molecular formula is C17H16F3N. The van der Waals surface area contributed by atoms with Crippen LogP contribution in [0.25, 0.3) is 0 Å². The van der Waals surface area contributed by atoms with E-state index in [0.29, 0.717) is 5.56 Å². The Bertz CT molecular complexity index is 613. The molecule has 0 spiro atoms. The van der Waals surface area contributed by atoms with E-state index in [4.69, 9.17) is 0 Å². The number of halogens is 3. The normalized spacial score (nSPS) is 14.0. The van der Waals surface area contributed by atoms with Crippen LogP contribution in [0.4, 0.5) is 13.2 Å². The largest absolute Gasteiger partial charge is 0.416 e. The van der Waals surface area contributed by atoms with Crippen LogP contribution in [0.2, 0.25) is 0 Å². The summed E-state index contributed by atoms with van der Waals surface area (Å²) in [6.45, 7) is 3.77. The Morgan fingerprint density at radius 1 is 0.952 bits per heavy atom. The molecule has 2 aromatic rings. The summed E-state index contributed by atoms with van der Waals surface area (Å²) in [5.41, 5.74) is 1.85. The first-order valence-electron chi connectivity index (χ1n) is 6.65. The molecule has 1 nitrogen and oxygen atoms in total. The minimum atomic E-state index is -4.30. The van der Waals surface area contributed by atoms with Crippen LogP contribution < -0.4 is 0 Å². The number of nitrogens with zero attached hydrogens (tertiary/aromatic N) is 1. The molecule has 2 rings (SSSR count). The van der Waals surface area contributed by atoms with Crippen molar-refractivity contribution in [2.75, 3.05) is 0 Å². The molecule has 0 unspecified atom stereocenters. The number of hydrogen-bond donors (Lipinski definition) is 0. The summed E-state index contributed by atoms with van der Waals surface area (Å²) < 4.78 is 37.6. The van der Waals surface area contributed by atoms with Gasteiger partial charge in [-0.25, -0.2) is 0 Å². The lowest BCUT2D eigenvalue weighted by Gasteiger charge is -2.10. The molecule has 0 aromatic heterocycles. The van der Waals surface area contributed by atoms with Crippen LogP contribution in [-0.2, 0) is 6.18 Å². The monoisotopic (exact) mass is 291 g/mol. The average molecular weight is 291 g/mol. The molecular weight excluding hydrogens is 275 g/mol. The van der Waals surface area contributed by atoms with Crippen LogP contribution in [0, 0.1) is 0 Å². The third kappa shape index (κ3) is 3.94. The van der Waals surface area contributed by atoms with Crippen molar-refractivity contribution in [1.82, 2.24) is 0 Å². The van der Waals surface area contributed by atoms with Gasteiger partial charge in [0.25, 0.3) is 0 Å². The fraction of sp³-hybridized carbons (Fsp3) is 0.235. The quantitative estimate of drug-likeness (QED) is 0.683. The molecule has 0 aliphatic heterocycles. The second kappa shape index (κ2) is 6.12. The highest BCUT2D eigenvalue weighted by molar-refractivity contribution is 5.98. The molecule has 0 N–H and O–H groups in total. The fourth-order valence-electron chi connectivity index (χ4n) is 2.07. The minimum Gasteiger partial charge on any atom is -0.282 e. The van der Waals surface area contributed by atoms with E-state index in [9.17, 15) is 13.2 Å². The summed E-state index contributed by atoms with van der Waals surface area (Å²) in [4.78, 5) is 4.54. The van der Waals surface area contributed by atoms with Gasteiger partial charge in [-0.2, -0.15) is 13.2 Å². The molecule has 4 heteroatoms. The van der Waals surface area contributed by atoms with E-state index in [2.05, 4.69) is 4.99 Å². The van der Waals surface area contributed by atoms with E-state index < -0.39 is 11.7 Å². The van der Waals surface area contributed by atoms with Crippen LogP contribution in [0.15, 0.2) is 59.6 Å². The lowest BCUT2D eigenvalue weighted by Crippen LogP contribution is -2.05. The topological polar surface area (TPSA) is 12.4 Å². The Kier molecular flexibility index (Phi) is 4.46. The molecule has 0 amide bonds. The van der Waals surface area contributed by atoms with Crippen LogP contribution in [0.1, 0.15) is 36.6 Å². The minimum absolute atomic E-state index is 0.0338. The van der Waals surface area contributed by atoms with Crippen molar-refractivity contribution >= 4 is 5.71 Å². The first-order chi connectivity index (χ1) is 9.88. The smallest absolute Gasteiger partial charge is 0.282 e. The standard InChI is InChI=1S/C17H16F3N/c1-12(14-6-4-3-5-7-14)21-13(2)15-8-10-16(11-9-15)17(18,19)20/h3-12H,1-2H3/t12-/m0/s1. The van der Waals surface area contributed by atoms with Gasteiger partial charge in [0, 0.05) is 5.71 Å². The van der Waals surface area contributed by atoms with Gasteiger partial charge in [-0.05, 0) is 37.1 Å². The maximum Gasteiger partial charge on any atom is 0.416 e. The van der Waals surface area contributed by atoms with Crippen LogP contribution in [-0.4, -0.2) is 5.71 Å². The van der Waals surface area contributed by atoms with Crippen molar-refractivity contribution in [3.05, 3.63) is 71.3 Å². The predicted molar refractivity (Wildman–Crippen MR) is 78.5 cm³/mol. The maximum absolute atomic E-state index is 12.5. The maximum atomic E-state index is 12.5. The van der Waals surface area contributed by atoms with Gasteiger partial charge in [-0.3, -0.25) is 4.99 Å². The lowest BCUT2D eigenvalue weighted by atomic mass is 10.1. The van der Waals surface area contributed by atoms with Crippen molar-refractivity contribution in [2.24, 2.45) is 4.99 Å². The number of rotatable bonds is 3. The summed E-state index contributed by atoms with van der Waals surface area (Å²) in [7, 11) is 0. The number of alkyl halides is 3. The van der Waals surface area contributed by atoms with Crippen molar-refractivity contribution in [2.45, 2.75) is 26.1 Å². The van der Waals surface area contributed by atoms with Gasteiger partial charge in [-0.1, -0.05) is 42.5 Å². The van der Waals surface area contributed by atoms with E-state index in [1.54, 1.807) is 0 Å². The molecule has 0 radical (unpaired) electrons. The molecule has 0 fully saturated rings. The Hall–Kier alpha value is -2.10. The summed E-state index contributed by atoms with van der Waals surface area (Å²) >= 11 is 0. The van der Waals surface area contributed by atoms with Gasteiger partial charge in [0.1, 0.15) is 0 Å². The summed E-state index contributed by atoms with van der Waals surface area (Å²) in [6.07, 6.45) is -4.30. The van der Waals surface area contributed by atoms with Crippen LogP contribution >= 0.6 is 0 Å². The van der Waals surface area contributed by atoms with Crippen LogP contribution in [0.5, 0.6) is 0 Å². The Morgan fingerprint density at radius 3 is 2.05 bits per heavy atom. The molecule has 1 atom stereocenters. The van der Waals surface area contributed by atoms with Crippen molar-refractivity contribution in [3.63, 3.8) is 0 Å². The highest BCUT2D eigenvalue weighted by Crippen LogP contribution is 2.29. The van der Waals surface area contributed by atoms with Crippen LogP contribution in [0.3, 0.4) is 0 Å². The number of aliphatic imine (C=N–C) groups is 1. The lowest BCUT2D eigenvalue weighted by molar-refractivity contribution is -0.137. The molecule has 2 aromatic carbocycles. The van der Waals surface area contributed by atoms with E-state index >= 15 is 0 Å². The molecule has 110 valence electrons. The van der Waals surface area contributed by atoms with Crippen molar-refractivity contribution in [3.8, 4) is 0 Å². The Morgan fingerprint density at radius 2 is 1.52 bits per heavy atom. The van der Waals surface area contributed by atoms with E-state index in [1.807, 2.05) is 44.2 Å². The average Bonchev–Trinajstić information content (AvgIpc) is 2.47. The molecule has 21 heavy (non-hydrogen) atoms. The van der Waals surface area contributed by atoms with Gasteiger partial charge in [-0.15, -0.1) is 0 Å². The number of benzene rings is 2. The summed E-state index contributed by atoms with van der Waals surface area (Å²) in [6, 6.07) is 14.8. The van der Waals surface area contributed by atoms with Gasteiger partial charge in [0.05, 0.1) is 11.6 Å². The molecule has 0 heterocycles. The first kappa shape index (κ1) is 15.3. The Labute approximate surface area is 122 Å². The molecule has 0 saturated heterocycles. The van der Waals surface area contributed by atoms with E-state index in [0.717, 1.165) is 23.4 Å². The van der Waals surface area contributed by atoms with Gasteiger partial charge >= 0.3 is 6.18 Å². The zero-order valence-electron chi connectivity index (χ0n) is 11.9. The molecule has 0 bridgehead atoms. The summed E-state index contributed by atoms with van der Waals surface area (Å²) in [5.74, 6) is 0. The van der Waals surface area contributed by atoms with Crippen molar-refractivity contribution < 1.29 is 13.2 Å². The zero-order chi connectivity index (χ0) is 15.5. The highest BCUT2D eigenvalue weighted by Gasteiger charge is 2.29. The third-order valence-electron chi connectivity index (χ3n) is 3.30.